The van der Waals surface area contributed by atoms with E-state index in [1.165, 1.54) is 19.1 Å². The number of carbonyl (C=O) groups is 7. The van der Waals surface area contributed by atoms with Gasteiger partial charge in [-0.15, -0.1) is 0 Å². The number of benzene rings is 6. The summed E-state index contributed by atoms with van der Waals surface area (Å²) in [5.74, 6) is -6.10. The van der Waals surface area contributed by atoms with E-state index in [2.05, 4.69) is 0 Å². The molecule has 29 nitrogen and oxygen atoms in total. The summed E-state index contributed by atoms with van der Waals surface area (Å²) in [6.07, 6.45) is -36.0. The molecule has 112 heavy (non-hydrogen) atoms. The monoisotopic (exact) mass is 1560 g/mol. The Labute approximate surface area is 648 Å². The molecule has 5 aliphatic heterocycles. The van der Waals surface area contributed by atoms with Crippen LogP contribution in [0.3, 0.4) is 0 Å². The van der Waals surface area contributed by atoms with Crippen molar-refractivity contribution >= 4 is 41.8 Å². The number of aliphatic hydroxyl groups is 1. The van der Waals surface area contributed by atoms with Gasteiger partial charge in [-0.05, 0) is 60.7 Å². The Balaban J connectivity index is 1.04. The Morgan fingerprint density at radius 3 is 1.18 bits per heavy atom. The quantitative estimate of drug-likeness (QED) is 0.0307. The maximum Gasteiger partial charge on any atom is 0.338 e. The molecule has 5 heterocycles. The summed E-state index contributed by atoms with van der Waals surface area (Å²) in [6, 6.07) is 54.4. The van der Waals surface area contributed by atoms with Gasteiger partial charge in [0.1, 0.15) is 67.6 Å². The molecular formula is C83H96O29. The fraction of sp³-hybridized carbons (Fsp3) is 0.482. The molecule has 5 aliphatic rings. The topological polar surface area (TPSA) is 334 Å². The first-order valence-corrected chi connectivity index (χ1v) is 37.1. The van der Waals surface area contributed by atoms with Crippen LogP contribution >= 0.6 is 0 Å². The van der Waals surface area contributed by atoms with E-state index in [1.54, 1.807) is 55.5 Å². The Morgan fingerprint density at radius 2 is 0.679 bits per heavy atom. The highest BCUT2D eigenvalue weighted by atomic mass is 16.8. The summed E-state index contributed by atoms with van der Waals surface area (Å²) in [7, 11) is 0. The smallest absolute Gasteiger partial charge is 0.338 e. The van der Waals surface area contributed by atoms with Crippen LogP contribution < -0.4 is 0 Å². The van der Waals surface area contributed by atoms with Gasteiger partial charge in [-0.1, -0.05) is 170 Å². The number of hydrogen-bond donors (Lipinski definition) is 1. The van der Waals surface area contributed by atoms with E-state index in [0.29, 0.717) is 11.1 Å². The number of ether oxygens (including phenoxy) is 21. The summed E-state index contributed by atoms with van der Waals surface area (Å²) in [6.45, 7) is 10.0. The predicted molar refractivity (Wildman–Crippen MR) is 388 cm³/mol. The molecule has 5 saturated heterocycles. The molecule has 0 saturated carbocycles. The number of rotatable bonds is 32. The van der Waals surface area contributed by atoms with Crippen molar-refractivity contribution in [3.8, 4) is 0 Å². The summed E-state index contributed by atoms with van der Waals surface area (Å²) in [5, 5.41) is 13.5. The lowest BCUT2D eigenvalue weighted by Gasteiger charge is -2.52. The van der Waals surface area contributed by atoms with E-state index in [-0.39, 0.29) is 38.6 Å². The first-order valence-electron chi connectivity index (χ1n) is 37.1. The molecule has 0 amide bonds. The molecule has 0 spiro atoms. The third kappa shape index (κ3) is 22.9. The highest BCUT2D eigenvalue weighted by molar-refractivity contribution is 5.89. The summed E-state index contributed by atoms with van der Waals surface area (Å²) in [5.41, 5.74) is 3.84. The number of hydrogen-bond acceptors (Lipinski definition) is 29. The van der Waals surface area contributed by atoms with Crippen molar-refractivity contribution in [1.29, 1.82) is 0 Å². The summed E-state index contributed by atoms with van der Waals surface area (Å²) < 4.78 is 138. The van der Waals surface area contributed by atoms with Crippen molar-refractivity contribution in [2.75, 3.05) is 13.2 Å². The van der Waals surface area contributed by atoms with Gasteiger partial charge in [-0.2, -0.15) is 0 Å². The van der Waals surface area contributed by atoms with Gasteiger partial charge in [-0.25, -0.2) is 4.79 Å². The molecule has 0 bridgehead atoms. The summed E-state index contributed by atoms with van der Waals surface area (Å²) in [4.78, 5) is 93.1. The Bertz CT molecular complexity index is 3960. The third-order valence-electron chi connectivity index (χ3n) is 19.0. The molecule has 24 atom stereocenters. The van der Waals surface area contributed by atoms with Gasteiger partial charge < -0.3 is 105 Å². The molecule has 0 radical (unpaired) electrons. The number of aliphatic hydroxyl groups excluding tert-OH is 1. The van der Waals surface area contributed by atoms with E-state index >= 15 is 0 Å². The molecule has 5 fully saturated rings. The van der Waals surface area contributed by atoms with Gasteiger partial charge >= 0.3 is 41.8 Å². The van der Waals surface area contributed by atoms with Crippen LogP contribution in [-0.4, -0.2) is 208 Å². The van der Waals surface area contributed by atoms with Crippen molar-refractivity contribution in [2.45, 2.75) is 243 Å². The third-order valence-corrected chi connectivity index (χ3v) is 19.0. The van der Waals surface area contributed by atoms with Crippen LogP contribution in [0.5, 0.6) is 0 Å². The van der Waals surface area contributed by atoms with Gasteiger partial charge in [0, 0.05) is 41.5 Å². The van der Waals surface area contributed by atoms with Crippen LogP contribution in [0.15, 0.2) is 182 Å². The Hall–Kier alpha value is -8.99. The fourth-order valence-corrected chi connectivity index (χ4v) is 13.9. The van der Waals surface area contributed by atoms with Crippen LogP contribution in [0.25, 0.3) is 0 Å². The summed E-state index contributed by atoms with van der Waals surface area (Å²) >= 11 is 0. The average molecular weight is 1560 g/mol. The van der Waals surface area contributed by atoms with E-state index < -0.39 is 202 Å². The molecule has 0 unspecified atom stereocenters. The van der Waals surface area contributed by atoms with Gasteiger partial charge in [0.15, 0.2) is 68.1 Å². The van der Waals surface area contributed by atoms with Crippen molar-refractivity contribution in [1.82, 2.24) is 0 Å². The minimum Gasteiger partial charge on any atom is -0.459 e. The van der Waals surface area contributed by atoms with Crippen LogP contribution in [-0.2, 0) is 161 Å². The molecule has 11 rings (SSSR count). The molecular weight excluding hydrogens is 1460 g/mol. The lowest BCUT2D eigenvalue weighted by molar-refractivity contribution is -0.406. The van der Waals surface area contributed by atoms with Gasteiger partial charge in [0.2, 0.25) is 0 Å². The van der Waals surface area contributed by atoms with E-state index in [4.69, 9.17) is 99.5 Å². The first kappa shape index (κ1) is 83.9. The van der Waals surface area contributed by atoms with Crippen LogP contribution in [0.1, 0.15) is 100 Å². The molecule has 0 aromatic heterocycles. The van der Waals surface area contributed by atoms with E-state index in [0.717, 1.165) is 58.2 Å². The van der Waals surface area contributed by atoms with Gasteiger partial charge in [0.05, 0.1) is 63.5 Å². The predicted octanol–water partition coefficient (Wildman–Crippen LogP) is 8.21. The molecule has 0 aliphatic carbocycles. The zero-order chi connectivity index (χ0) is 79.4. The molecule has 602 valence electrons. The second-order valence-electron chi connectivity index (χ2n) is 27.6. The number of carbonyl (C=O) groups excluding carboxylic acids is 7. The maximum absolute atomic E-state index is 14.4. The molecule has 6 aromatic carbocycles. The minimum atomic E-state index is -1.92. The standard InChI is InChI=1S/C83H96O29/c1-47-65(92-40-56-28-16-10-17-29-56)72(74(95-43-59-34-22-13-23-35-59)80(100-47)97-44-60-36-24-14-25-37-60)111-79-64(90)70(93-41-57-30-18-11-19-31-57)66(48(2)99-79)109-83-76(112-81-75(106-54(8)88)69(104-52(6)86)62(46-98-81)102-50(4)84)71(94-42-58-32-20-12-21-33-58)68(63(108-83)45-96-78(91)61-38-26-15-27-39-61)110-82-77(107-55(9)89)73(105-53(7)87)67(49(3)101-82)103-51(5)85/h10-39,47-49,62-77,79-83,90H,40-46H2,1-9H3/t47-,48-,49-,62-,63-,64-,65-,66-,67+,68-,69+,70-,71+,72+,73+,74-,75-,76-,77-,79+,80-,81+,82+,83-/m1/s1. The molecule has 6 aromatic rings. The van der Waals surface area contributed by atoms with Crippen LogP contribution in [0.4, 0.5) is 0 Å². The van der Waals surface area contributed by atoms with Gasteiger partial charge in [-0.3, -0.25) is 28.8 Å². The van der Waals surface area contributed by atoms with E-state index in [9.17, 15) is 38.7 Å². The SMILES string of the molecule is CC(=O)O[C@H]1[C@@H](OC(C)=O)[C@@H](C)O[C@@H](O[C@H]2[C@H](OCc3ccccc3)[C@@H](O[C@@H]3OC[C@@H](OC(C)=O)[C@H](OC(C)=O)[C@H]3OC(C)=O)[C@@H](O[C@H]3[C@H](OCc4ccccc4)[C@@H](O)[C@H](O[C@@H]4[C@@H](OCc5ccccc5)[C@H](OCc5ccccc5)O[C@H](C)[C@H]4OCc4ccccc4)O[C@@H]3C)O[C@@H]2COC(=O)c2ccccc2)[C@@H]1OC(C)=O. The lowest BCUT2D eigenvalue weighted by Crippen LogP contribution is -2.69. The highest BCUT2D eigenvalue weighted by Gasteiger charge is 2.60. The number of esters is 7. The second kappa shape index (κ2) is 40.7. The van der Waals surface area contributed by atoms with E-state index in [1.807, 2.05) is 128 Å². The normalized spacial score (nSPS) is 31.2. The lowest BCUT2D eigenvalue weighted by atomic mass is 9.95. The van der Waals surface area contributed by atoms with Crippen LogP contribution in [0, 0.1) is 0 Å². The minimum absolute atomic E-state index is 0.0531. The van der Waals surface area contributed by atoms with Crippen molar-refractivity contribution in [3.63, 3.8) is 0 Å². The zero-order valence-corrected chi connectivity index (χ0v) is 63.5. The van der Waals surface area contributed by atoms with Gasteiger partial charge in [0.25, 0.3) is 0 Å². The highest BCUT2D eigenvalue weighted by Crippen LogP contribution is 2.42. The maximum atomic E-state index is 14.4. The van der Waals surface area contributed by atoms with Crippen molar-refractivity contribution < 1.29 is 138 Å². The van der Waals surface area contributed by atoms with Crippen LogP contribution in [0.2, 0.25) is 0 Å². The second-order valence-corrected chi connectivity index (χ2v) is 27.6. The first-order chi connectivity index (χ1) is 54.0. The Kier molecular flexibility index (Phi) is 30.5. The average Bonchev–Trinajstić information content (AvgIpc) is 0.768. The van der Waals surface area contributed by atoms with Crippen molar-refractivity contribution in [2.24, 2.45) is 0 Å². The largest absolute Gasteiger partial charge is 0.459 e. The molecule has 29 heteroatoms. The zero-order valence-electron chi connectivity index (χ0n) is 63.5. The van der Waals surface area contributed by atoms with Crippen molar-refractivity contribution in [3.05, 3.63) is 215 Å². The Morgan fingerprint density at radius 1 is 0.321 bits per heavy atom. The fourth-order valence-electron chi connectivity index (χ4n) is 13.9. The molecule has 1 N–H and O–H groups in total.